The molecule has 0 bridgehead atoms. The molecule has 0 unspecified atom stereocenters. The first-order valence-corrected chi connectivity index (χ1v) is 11.4. The Morgan fingerprint density at radius 1 is 1.19 bits per heavy atom. The van der Waals surface area contributed by atoms with Gasteiger partial charge in [0.25, 0.3) is 0 Å². The third kappa shape index (κ3) is 5.98. The zero-order chi connectivity index (χ0) is 23.5. The van der Waals surface area contributed by atoms with Gasteiger partial charge in [0, 0.05) is 25.1 Å². The van der Waals surface area contributed by atoms with E-state index >= 15 is 0 Å². The van der Waals surface area contributed by atoms with E-state index in [1.807, 2.05) is 13.0 Å². The van der Waals surface area contributed by atoms with Gasteiger partial charge in [-0.05, 0) is 44.4 Å². The number of piperidine rings is 1. The Morgan fingerprint density at radius 2 is 1.88 bits per heavy atom. The van der Waals surface area contributed by atoms with Gasteiger partial charge >= 0.3 is 6.18 Å². The van der Waals surface area contributed by atoms with Crippen molar-refractivity contribution in [1.29, 1.82) is 0 Å². The minimum atomic E-state index is -4.46. The summed E-state index contributed by atoms with van der Waals surface area (Å²) in [6.07, 6.45) is -2.54. The number of ether oxygens (including phenoxy) is 1. The average molecular weight is 472 g/mol. The van der Waals surface area contributed by atoms with Crippen molar-refractivity contribution in [3.63, 3.8) is 0 Å². The number of carbonyl (C=O) groups is 1. The zero-order valence-electron chi connectivity index (χ0n) is 17.6. The van der Waals surface area contributed by atoms with Crippen LogP contribution >= 0.6 is 0 Å². The summed E-state index contributed by atoms with van der Waals surface area (Å²) in [7, 11) is -3.64. The first-order chi connectivity index (χ1) is 15.0. The molecule has 1 saturated heterocycles. The Kier molecular flexibility index (Phi) is 7.09. The van der Waals surface area contributed by atoms with Crippen LogP contribution in [0.1, 0.15) is 24.0 Å². The summed E-state index contributed by atoms with van der Waals surface area (Å²) in [5.41, 5.74) is 1.98. The molecule has 2 aromatic rings. The fraction of sp³-hybridized carbons (Fsp3) is 0.429. The van der Waals surface area contributed by atoms with E-state index < -0.39 is 22.8 Å². The maximum atomic E-state index is 13.0. The van der Waals surface area contributed by atoms with Gasteiger partial charge in [0.15, 0.2) is 6.61 Å². The minimum absolute atomic E-state index is 0.203. The van der Waals surface area contributed by atoms with Gasteiger partial charge in [-0.25, -0.2) is 13.4 Å². The fourth-order valence-electron chi connectivity index (χ4n) is 3.53. The van der Waals surface area contributed by atoms with Crippen molar-refractivity contribution in [3.05, 3.63) is 47.7 Å². The molecule has 11 heteroatoms. The number of carbonyl (C=O) groups excluding carboxylic acids is 1. The van der Waals surface area contributed by atoms with Crippen molar-refractivity contribution in [2.45, 2.75) is 37.8 Å². The summed E-state index contributed by atoms with van der Waals surface area (Å²) < 4.78 is 68.4. The molecule has 0 radical (unpaired) electrons. The molecule has 1 N–H and O–H groups in total. The van der Waals surface area contributed by atoms with Gasteiger partial charge in [-0.2, -0.15) is 17.5 Å². The molecule has 2 heterocycles. The average Bonchev–Trinajstić information content (AvgIpc) is 2.72. The van der Waals surface area contributed by atoms with Gasteiger partial charge in [-0.15, -0.1) is 0 Å². The Balaban J connectivity index is 1.55. The zero-order valence-corrected chi connectivity index (χ0v) is 18.5. The highest BCUT2D eigenvalue weighted by atomic mass is 32.2. The molecule has 1 aliphatic rings. The molecular weight excluding hydrogens is 447 g/mol. The Bertz CT molecular complexity index is 1060. The minimum Gasteiger partial charge on any atom is -0.468 e. The van der Waals surface area contributed by atoms with E-state index in [1.165, 1.54) is 22.6 Å². The Morgan fingerprint density at radius 3 is 2.44 bits per heavy atom. The Hall–Kier alpha value is -2.66. The molecule has 174 valence electrons. The van der Waals surface area contributed by atoms with Gasteiger partial charge in [0.1, 0.15) is 0 Å². The summed E-state index contributed by atoms with van der Waals surface area (Å²) >= 11 is 0. The van der Waals surface area contributed by atoms with E-state index in [9.17, 15) is 26.4 Å². The maximum absolute atomic E-state index is 13.0. The van der Waals surface area contributed by atoms with Crippen LogP contribution in [-0.2, 0) is 14.8 Å². The van der Waals surface area contributed by atoms with E-state index in [0.717, 1.165) is 5.56 Å². The fourth-order valence-corrected chi connectivity index (χ4v) is 5.20. The number of aromatic nitrogens is 1. The van der Waals surface area contributed by atoms with E-state index in [2.05, 4.69) is 15.0 Å². The van der Waals surface area contributed by atoms with Crippen molar-refractivity contribution < 1.29 is 31.1 Å². The molecule has 32 heavy (non-hydrogen) atoms. The summed E-state index contributed by atoms with van der Waals surface area (Å²) in [6, 6.07) is 7.82. The molecule has 0 aliphatic carbocycles. The van der Waals surface area contributed by atoms with Crippen molar-refractivity contribution >= 4 is 21.6 Å². The number of amides is 1. The molecule has 1 aromatic carbocycles. The number of rotatable bonds is 6. The predicted molar refractivity (Wildman–Crippen MR) is 112 cm³/mol. The topological polar surface area (TPSA) is 88.6 Å². The number of nitrogens with zero attached hydrogens (tertiary/aromatic N) is 2. The maximum Gasteiger partial charge on any atom is 0.422 e. The first kappa shape index (κ1) is 24.0. The van der Waals surface area contributed by atoms with Crippen molar-refractivity contribution in [3.8, 4) is 5.88 Å². The highest BCUT2D eigenvalue weighted by Crippen LogP contribution is 2.27. The van der Waals surface area contributed by atoms with Gasteiger partial charge in [-0.3, -0.25) is 4.79 Å². The summed E-state index contributed by atoms with van der Waals surface area (Å²) in [4.78, 5) is 16.6. The van der Waals surface area contributed by atoms with Gasteiger partial charge in [0.05, 0.1) is 16.8 Å². The largest absolute Gasteiger partial charge is 0.468 e. The first-order valence-electron chi connectivity index (χ1n) is 9.99. The Labute approximate surface area is 184 Å². The molecule has 1 aromatic heterocycles. The van der Waals surface area contributed by atoms with Crippen LogP contribution in [0.3, 0.4) is 0 Å². The van der Waals surface area contributed by atoms with E-state index in [4.69, 9.17) is 0 Å². The second-order valence-electron chi connectivity index (χ2n) is 7.73. The lowest BCUT2D eigenvalue weighted by Gasteiger charge is -2.31. The van der Waals surface area contributed by atoms with Crippen LogP contribution in [0.2, 0.25) is 0 Å². The molecule has 0 spiro atoms. The van der Waals surface area contributed by atoms with Gasteiger partial charge in [0.2, 0.25) is 21.8 Å². The molecule has 1 aliphatic heterocycles. The monoisotopic (exact) mass is 471 g/mol. The third-order valence-corrected chi connectivity index (χ3v) is 7.22. The lowest BCUT2D eigenvalue weighted by atomic mass is 9.97. The van der Waals surface area contributed by atoms with E-state index in [1.54, 1.807) is 19.1 Å². The number of alkyl halides is 3. The quantitative estimate of drug-likeness (QED) is 0.695. The van der Waals surface area contributed by atoms with Crippen molar-refractivity contribution in [2.24, 2.45) is 5.92 Å². The molecule has 7 nitrogen and oxygen atoms in total. The van der Waals surface area contributed by atoms with Crippen LogP contribution in [-0.4, -0.2) is 49.5 Å². The summed E-state index contributed by atoms with van der Waals surface area (Å²) in [5.74, 6) is -0.883. The molecule has 1 amide bonds. The third-order valence-electron chi connectivity index (χ3n) is 5.16. The second kappa shape index (κ2) is 9.45. The number of nitrogens with one attached hydrogen (secondary N) is 1. The standard InChI is InChI=1S/C21H24F3N3O4S/c1-14-3-5-18(15(2)11-14)32(29,30)27-9-7-16(8-10-27)20(28)26-17-4-6-19(25-12-17)31-13-21(22,23)24/h3-6,11-12,16H,7-10,13H2,1-2H3,(H,26,28). The number of benzene rings is 1. The van der Waals surface area contributed by atoms with Crippen LogP contribution in [0.15, 0.2) is 41.4 Å². The highest BCUT2D eigenvalue weighted by molar-refractivity contribution is 7.89. The predicted octanol–water partition coefficient (Wildman–Crippen LogP) is 3.68. The summed E-state index contributed by atoms with van der Waals surface area (Å²) in [5, 5.41) is 2.66. The number of sulfonamides is 1. The number of hydrogen-bond acceptors (Lipinski definition) is 5. The van der Waals surface area contributed by atoms with Gasteiger partial charge in [-0.1, -0.05) is 17.7 Å². The molecule has 3 rings (SSSR count). The lowest BCUT2D eigenvalue weighted by molar-refractivity contribution is -0.154. The van der Waals surface area contributed by atoms with Gasteiger partial charge < -0.3 is 10.1 Å². The van der Waals surface area contributed by atoms with Crippen LogP contribution < -0.4 is 10.1 Å². The van der Waals surface area contributed by atoms with E-state index in [-0.39, 0.29) is 35.7 Å². The van der Waals surface area contributed by atoms with E-state index in [0.29, 0.717) is 24.1 Å². The number of pyridine rings is 1. The number of hydrogen-bond donors (Lipinski definition) is 1. The normalized spacial score (nSPS) is 16.0. The molecular formula is C21H24F3N3O4S. The number of aryl methyl sites for hydroxylation is 2. The van der Waals surface area contributed by atoms with Crippen LogP contribution in [0.5, 0.6) is 5.88 Å². The van der Waals surface area contributed by atoms with Crippen LogP contribution in [0.25, 0.3) is 0 Å². The van der Waals surface area contributed by atoms with Crippen molar-refractivity contribution in [1.82, 2.24) is 9.29 Å². The number of anilines is 1. The second-order valence-corrected chi connectivity index (χ2v) is 9.63. The van der Waals surface area contributed by atoms with Crippen LogP contribution in [0, 0.1) is 19.8 Å². The van der Waals surface area contributed by atoms with Crippen molar-refractivity contribution in [2.75, 3.05) is 25.0 Å². The highest BCUT2D eigenvalue weighted by Gasteiger charge is 2.33. The smallest absolute Gasteiger partial charge is 0.422 e. The summed E-state index contributed by atoms with van der Waals surface area (Å²) in [6.45, 7) is 2.64. The number of halogens is 3. The molecule has 0 saturated carbocycles. The lowest BCUT2D eigenvalue weighted by Crippen LogP contribution is -2.41. The SMILES string of the molecule is Cc1ccc(S(=O)(=O)N2CCC(C(=O)Nc3ccc(OCC(F)(F)F)nc3)CC2)c(C)c1. The molecule has 1 fully saturated rings. The molecule has 0 atom stereocenters. The van der Waals surface area contributed by atoms with Crippen LogP contribution in [0.4, 0.5) is 18.9 Å².